The number of nitrogens with one attached hydrogen (secondary N) is 8. The third-order valence-electron chi connectivity index (χ3n) is 6.28. The van der Waals surface area contributed by atoms with Gasteiger partial charge in [-0.3, -0.25) is 30.0 Å². The second-order valence-corrected chi connectivity index (χ2v) is 9.84. The Bertz CT molecular complexity index is 948. The zero-order chi connectivity index (χ0) is 32.4. The Morgan fingerprint density at radius 1 is 0.786 bits per heavy atom. The molecule has 0 aliphatic carbocycles. The molecule has 0 unspecified atom stereocenters. The van der Waals surface area contributed by atoms with Crippen LogP contribution in [0.5, 0.6) is 0 Å². The van der Waals surface area contributed by atoms with Crippen molar-refractivity contribution in [3.05, 3.63) is 0 Å². The molecule has 0 rings (SSSR count). The van der Waals surface area contributed by atoms with Gasteiger partial charge in [0, 0.05) is 13.1 Å². The molecule has 0 aromatic heterocycles. The number of carbonyl (C=O) groups excluding carboxylic acids is 4. The molecule has 18 heteroatoms. The molecule has 0 radical (unpaired) electrons. The molecule has 240 valence electrons. The number of amides is 4. The molecule has 0 heterocycles. The fourth-order valence-corrected chi connectivity index (χ4v) is 3.55. The average molecular weight is 602 g/mol. The Kier molecular flexibility index (Phi) is 17.8. The second-order valence-electron chi connectivity index (χ2n) is 9.84. The van der Waals surface area contributed by atoms with E-state index in [-0.39, 0.29) is 50.2 Å². The van der Waals surface area contributed by atoms with Crippen molar-refractivity contribution in [2.45, 2.75) is 83.1 Å². The van der Waals surface area contributed by atoms with Crippen LogP contribution < -0.4 is 49.1 Å². The highest BCUT2D eigenvalue weighted by Crippen LogP contribution is 2.07. The fourth-order valence-electron chi connectivity index (χ4n) is 3.55. The summed E-state index contributed by atoms with van der Waals surface area (Å²) in [5.41, 5.74) is 16.5. The Balaban J connectivity index is 5.42. The second kappa shape index (κ2) is 19.8. The summed E-state index contributed by atoms with van der Waals surface area (Å²) >= 11 is 0. The van der Waals surface area contributed by atoms with Crippen LogP contribution in [-0.4, -0.2) is 102 Å². The van der Waals surface area contributed by atoms with Gasteiger partial charge in [-0.25, -0.2) is 4.79 Å². The SMILES string of the molecule is CC[C@H](C)[C@H](N)C(=O)N[C@@H](CCCNC(=N)N)C(=O)NCC(=O)N[C@@H](CCCNC(=N)N)C(=O)N[C@H](C(=O)O)[C@@H](C)O. The van der Waals surface area contributed by atoms with Gasteiger partial charge in [-0.2, -0.15) is 0 Å². The van der Waals surface area contributed by atoms with Gasteiger partial charge in [-0.05, 0) is 38.5 Å². The summed E-state index contributed by atoms with van der Waals surface area (Å²) in [5.74, 6) is -5.09. The van der Waals surface area contributed by atoms with Gasteiger partial charge in [0.05, 0.1) is 18.7 Å². The molecule has 42 heavy (non-hydrogen) atoms. The summed E-state index contributed by atoms with van der Waals surface area (Å²) in [4.78, 5) is 62.4. The van der Waals surface area contributed by atoms with Crippen LogP contribution in [0.4, 0.5) is 0 Å². The first kappa shape index (κ1) is 37.8. The molecule has 6 atom stereocenters. The van der Waals surface area contributed by atoms with Crippen LogP contribution >= 0.6 is 0 Å². The smallest absolute Gasteiger partial charge is 0.328 e. The topological polar surface area (TPSA) is 324 Å². The molecule has 18 nitrogen and oxygen atoms in total. The molecule has 0 fully saturated rings. The Morgan fingerprint density at radius 3 is 1.71 bits per heavy atom. The lowest BCUT2D eigenvalue weighted by Crippen LogP contribution is -2.56. The average Bonchev–Trinajstić information content (AvgIpc) is 2.91. The molecule has 0 saturated carbocycles. The van der Waals surface area contributed by atoms with Gasteiger partial charge in [-0.1, -0.05) is 20.3 Å². The number of guanidine groups is 2. The number of carbonyl (C=O) groups is 5. The molecule has 0 aliphatic heterocycles. The number of aliphatic hydroxyl groups excluding tert-OH is 1. The Labute approximate surface area is 244 Å². The molecule has 0 saturated heterocycles. The van der Waals surface area contributed by atoms with Crippen molar-refractivity contribution in [2.24, 2.45) is 23.1 Å². The molecule has 0 aromatic carbocycles. The van der Waals surface area contributed by atoms with E-state index in [9.17, 15) is 34.2 Å². The standard InChI is InChI=1S/C24H47N11O7/c1-4-12(2)17(25)21(40)34-14(7-5-9-30-23(26)27)19(38)32-11-16(37)33-15(8-6-10-31-24(28)29)20(39)35-18(13(3)36)22(41)42/h12-15,17-18,36H,4-11,25H2,1-3H3,(H,32,38)(H,33,37)(H,34,40)(H,35,39)(H,41,42)(H4,26,27,30)(H4,28,29,31)/t12-,13+,14-,15-,17-,18-/m0/s1. The van der Waals surface area contributed by atoms with Gasteiger partial charge in [0.2, 0.25) is 23.6 Å². The van der Waals surface area contributed by atoms with Crippen molar-refractivity contribution in [3.63, 3.8) is 0 Å². The molecule has 0 aliphatic rings. The first-order chi connectivity index (χ1) is 19.6. The van der Waals surface area contributed by atoms with E-state index in [0.717, 1.165) is 0 Å². The van der Waals surface area contributed by atoms with E-state index < -0.39 is 66.4 Å². The van der Waals surface area contributed by atoms with Gasteiger partial charge >= 0.3 is 5.97 Å². The molecule has 16 N–H and O–H groups in total. The summed E-state index contributed by atoms with van der Waals surface area (Å²) in [6, 6.07) is -4.80. The number of carboxylic acid groups (broad SMARTS) is 1. The predicted octanol–water partition coefficient (Wildman–Crippen LogP) is -4.08. The van der Waals surface area contributed by atoms with E-state index >= 15 is 0 Å². The molecular weight excluding hydrogens is 554 g/mol. The molecule has 0 aromatic rings. The number of nitrogens with two attached hydrogens (primary N) is 3. The van der Waals surface area contributed by atoms with Crippen molar-refractivity contribution in [3.8, 4) is 0 Å². The Hall–Kier alpha value is -4.19. The maximum absolute atomic E-state index is 12.9. The lowest BCUT2D eigenvalue weighted by Gasteiger charge is -2.24. The number of aliphatic hydroxyl groups is 1. The van der Waals surface area contributed by atoms with Crippen LogP contribution in [-0.2, 0) is 24.0 Å². The third kappa shape index (κ3) is 15.6. The third-order valence-corrected chi connectivity index (χ3v) is 6.28. The first-order valence-electron chi connectivity index (χ1n) is 13.6. The highest BCUT2D eigenvalue weighted by atomic mass is 16.4. The van der Waals surface area contributed by atoms with Crippen LogP contribution in [0.2, 0.25) is 0 Å². The number of carboxylic acids is 1. The van der Waals surface area contributed by atoms with Gasteiger partial charge in [0.15, 0.2) is 18.0 Å². The summed E-state index contributed by atoms with van der Waals surface area (Å²) in [5, 5.41) is 48.1. The van der Waals surface area contributed by atoms with E-state index in [4.69, 9.17) is 28.0 Å². The zero-order valence-electron chi connectivity index (χ0n) is 24.3. The monoisotopic (exact) mass is 601 g/mol. The quantitative estimate of drug-likeness (QED) is 0.0360. The summed E-state index contributed by atoms with van der Waals surface area (Å²) in [6.07, 6.45) is -0.0573. The summed E-state index contributed by atoms with van der Waals surface area (Å²) < 4.78 is 0. The van der Waals surface area contributed by atoms with E-state index in [1.807, 2.05) is 6.92 Å². The summed E-state index contributed by atoms with van der Waals surface area (Å²) in [6.45, 7) is 4.70. The van der Waals surface area contributed by atoms with Gasteiger partial charge < -0.3 is 59.3 Å². The van der Waals surface area contributed by atoms with E-state index in [2.05, 4.69) is 31.9 Å². The van der Waals surface area contributed by atoms with E-state index in [1.54, 1.807) is 6.92 Å². The van der Waals surface area contributed by atoms with Crippen LogP contribution in [0, 0.1) is 16.7 Å². The molecular formula is C24H47N11O7. The van der Waals surface area contributed by atoms with Crippen molar-refractivity contribution in [1.29, 1.82) is 10.8 Å². The number of aliphatic carboxylic acids is 1. The number of hydrogen-bond acceptors (Lipinski definition) is 9. The normalized spacial score (nSPS) is 15.0. The fraction of sp³-hybridized carbons (Fsp3) is 0.708. The van der Waals surface area contributed by atoms with Gasteiger partial charge in [0.1, 0.15) is 12.1 Å². The van der Waals surface area contributed by atoms with Crippen molar-refractivity contribution in [1.82, 2.24) is 31.9 Å². The Morgan fingerprint density at radius 2 is 1.29 bits per heavy atom. The number of hydrogen-bond donors (Lipinski definition) is 13. The van der Waals surface area contributed by atoms with Gasteiger partial charge in [0.25, 0.3) is 0 Å². The highest BCUT2D eigenvalue weighted by molar-refractivity contribution is 5.94. The molecule has 0 bridgehead atoms. The van der Waals surface area contributed by atoms with Crippen molar-refractivity contribution in [2.75, 3.05) is 19.6 Å². The van der Waals surface area contributed by atoms with E-state index in [0.29, 0.717) is 12.8 Å². The highest BCUT2D eigenvalue weighted by Gasteiger charge is 2.30. The van der Waals surface area contributed by atoms with Crippen molar-refractivity contribution < 1.29 is 34.2 Å². The van der Waals surface area contributed by atoms with Crippen LogP contribution in [0.3, 0.4) is 0 Å². The molecule has 0 spiro atoms. The van der Waals surface area contributed by atoms with Crippen LogP contribution in [0.15, 0.2) is 0 Å². The zero-order valence-corrected chi connectivity index (χ0v) is 24.3. The minimum absolute atomic E-state index is 0.00722. The molecule has 4 amide bonds. The predicted molar refractivity (Wildman–Crippen MR) is 154 cm³/mol. The maximum Gasteiger partial charge on any atom is 0.328 e. The lowest BCUT2D eigenvalue weighted by molar-refractivity contribution is -0.145. The minimum Gasteiger partial charge on any atom is -0.480 e. The van der Waals surface area contributed by atoms with Gasteiger partial charge in [-0.15, -0.1) is 0 Å². The summed E-state index contributed by atoms with van der Waals surface area (Å²) in [7, 11) is 0. The van der Waals surface area contributed by atoms with Crippen LogP contribution in [0.1, 0.15) is 52.9 Å². The van der Waals surface area contributed by atoms with Crippen LogP contribution in [0.25, 0.3) is 0 Å². The maximum atomic E-state index is 12.9. The van der Waals surface area contributed by atoms with Crippen molar-refractivity contribution >= 4 is 41.5 Å². The number of rotatable bonds is 20. The lowest BCUT2D eigenvalue weighted by atomic mass is 9.98. The first-order valence-corrected chi connectivity index (χ1v) is 13.6. The van der Waals surface area contributed by atoms with E-state index in [1.165, 1.54) is 6.92 Å². The minimum atomic E-state index is -1.63. The largest absolute Gasteiger partial charge is 0.480 e.